The number of nitrogens with zero attached hydrogens (tertiary/aromatic N) is 3. The molecule has 4 amide bonds. The Bertz CT molecular complexity index is 959. The minimum Gasteiger partial charge on any atom is -0.450 e. The van der Waals surface area contributed by atoms with Gasteiger partial charge in [-0.25, -0.2) is 14.6 Å². The molecule has 1 saturated heterocycles. The maximum atomic E-state index is 12.5. The summed E-state index contributed by atoms with van der Waals surface area (Å²) in [5.41, 5.74) is 2.12. The minimum absolute atomic E-state index is 0.0799. The summed E-state index contributed by atoms with van der Waals surface area (Å²) in [7, 11) is 0. The van der Waals surface area contributed by atoms with Crippen molar-refractivity contribution in [2.24, 2.45) is 0 Å². The summed E-state index contributed by atoms with van der Waals surface area (Å²) >= 11 is 7.23. The van der Waals surface area contributed by atoms with Gasteiger partial charge in [0.25, 0.3) is 0 Å². The van der Waals surface area contributed by atoms with Crippen molar-refractivity contribution in [3.8, 4) is 0 Å². The van der Waals surface area contributed by atoms with Gasteiger partial charge in [-0.05, 0) is 31.5 Å². The quantitative estimate of drug-likeness (QED) is 0.702. The number of carbonyl (C=O) groups is 3. The first-order chi connectivity index (χ1) is 14.9. The number of aryl methyl sites for hydroxylation is 1. The fourth-order valence-electron chi connectivity index (χ4n) is 3.01. The van der Waals surface area contributed by atoms with Crippen molar-refractivity contribution in [2.45, 2.75) is 20.3 Å². The van der Waals surface area contributed by atoms with E-state index in [1.54, 1.807) is 34.2 Å². The van der Waals surface area contributed by atoms with Gasteiger partial charge in [-0.1, -0.05) is 17.7 Å². The lowest BCUT2D eigenvalue weighted by molar-refractivity contribution is -0.115. The summed E-state index contributed by atoms with van der Waals surface area (Å²) in [6, 6.07) is 5.01. The van der Waals surface area contributed by atoms with Gasteiger partial charge in [-0.2, -0.15) is 0 Å². The third-order valence-electron chi connectivity index (χ3n) is 4.67. The molecule has 0 saturated carbocycles. The second kappa shape index (κ2) is 10.5. The van der Waals surface area contributed by atoms with E-state index in [0.29, 0.717) is 54.3 Å². The third kappa shape index (κ3) is 6.31. The molecule has 1 fully saturated rings. The largest absolute Gasteiger partial charge is 0.450 e. The van der Waals surface area contributed by atoms with Crippen LogP contribution in [0.2, 0.25) is 5.02 Å². The zero-order valence-corrected chi connectivity index (χ0v) is 18.9. The molecular weight excluding hydrogens is 442 g/mol. The van der Waals surface area contributed by atoms with E-state index in [0.717, 1.165) is 5.56 Å². The van der Waals surface area contributed by atoms with Gasteiger partial charge in [0, 0.05) is 42.3 Å². The molecule has 0 unspecified atom stereocenters. The van der Waals surface area contributed by atoms with Crippen LogP contribution in [0.25, 0.3) is 0 Å². The molecule has 2 N–H and O–H groups in total. The lowest BCUT2D eigenvalue weighted by atomic mass is 10.2. The fraction of sp³-hybridized carbons (Fsp3) is 0.400. The number of amides is 4. The fourth-order valence-corrected chi connectivity index (χ4v) is 3.88. The van der Waals surface area contributed by atoms with Crippen molar-refractivity contribution in [3.05, 3.63) is 39.9 Å². The number of hydrogen-bond donors (Lipinski definition) is 2. The van der Waals surface area contributed by atoms with Crippen LogP contribution in [0, 0.1) is 6.92 Å². The number of ether oxygens (including phenoxy) is 1. The highest BCUT2D eigenvalue weighted by atomic mass is 35.5. The standard InChI is InChI=1S/C20H24ClN5O4S/c1-3-30-20(29)26-8-6-25(7-9-26)19(28)24-18-22-15(12-31-18)11-17(27)23-16-10-14(21)5-4-13(16)2/h4-5,10,12H,3,6-9,11H2,1-2H3,(H,23,27)(H,22,24,28). The molecule has 0 spiro atoms. The number of anilines is 2. The van der Waals surface area contributed by atoms with E-state index in [-0.39, 0.29) is 24.5 Å². The molecule has 0 bridgehead atoms. The highest BCUT2D eigenvalue weighted by molar-refractivity contribution is 7.13. The van der Waals surface area contributed by atoms with Gasteiger partial charge < -0.3 is 19.9 Å². The smallest absolute Gasteiger partial charge is 0.409 e. The van der Waals surface area contributed by atoms with Crippen molar-refractivity contribution < 1.29 is 19.1 Å². The van der Waals surface area contributed by atoms with E-state index >= 15 is 0 Å². The average molecular weight is 466 g/mol. The number of benzene rings is 1. The summed E-state index contributed by atoms with van der Waals surface area (Å²) in [5, 5.41) is 8.27. The average Bonchev–Trinajstić information content (AvgIpc) is 3.17. The van der Waals surface area contributed by atoms with Crippen LogP contribution in [0.5, 0.6) is 0 Å². The maximum absolute atomic E-state index is 12.5. The summed E-state index contributed by atoms with van der Waals surface area (Å²) in [6.45, 7) is 5.61. The van der Waals surface area contributed by atoms with Gasteiger partial charge in [-0.15, -0.1) is 11.3 Å². The van der Waals surface area contributed by atoms with Crippen molar-refractivity contribution in [1.29, 1.82) is 0 Å². The first kappa shape index (κ1) is 22.8. The highest BCUT2D eigenvalue weighted by Crippen LogP contribution is 2.21. The predicted molar refractivity (Wildman–Crippen MR) is 120 cm³/mol. The molecule has 0 radical (unpaired) electrons. The van der Waals surface area contributed by atoms with Crippen LogP contribution >= 0.6 is 22.9 Å². The molecule has 9 nitrogen and oxygen atoms in total. The normalized spacial score (nSPS) is 13.6. The van der Waals surface area contributed by atoms with E-state index in [4.69, 9.17) is 16.3 Å². The lowest BCUT2D eigenvalue weighted by Crippen LogP contribution is -2.51. The molecule has 2 aromatic rings. The molecule has 0 atom stereocenters. The Balaban J connectivity index is 1.48. The van der Waals surface area contributed by atoms with Gasteiger partial charge in [0.05, 0.1) is 18.7 Å². The summed E-state index contributed by atoms with van der Waals surface area (Å²) in [6.07, 6.45) is -0.283. The molecule has 1 aromatic heterocycles. The monoisotopic (exact) mass is 465 g/mol. The minimum atomic E-state index is -0.363. The first-order valence-corrected chi connectivity index (χ1v) is 11.1. The van der Waals surface area contributed by atoms with Crippen molar-refractivity contribution in [3.63, 3.8) is 0 Å². The molecule has 11 heteroatoms. The van der Waals surface area contributed by atoms with Crippen LogP contribution < -0.4 is 10.6 Å². The number of piperazine rings is 1. The number of halogens is 1. The molecule has 31 heavy (non-hydrogen) atoms. The zero-order valence-electron chi connectivity index (χ0n) is 17.3. The van der Waals surface area contributed by atoms with E-state index in [1.807, 2.05) is 13.0 Å². The molecule has 1 aliphatic rings. The van der Waals surface area contributed by atoms with Crippen molar-refractivity contribution in [1.82, 2.24) is 14.8 Å². The Kier molecular flexibility index (Phi) is 7.69. The van der Waals surface area contributed by atoms with E-state index in [2.05, 4.69) is 15.6 Å². The SMILES string of the molecule is CCOC(=O)N1CCN(C(=O)Nc2nc(CC(=O)Nc3cc(Cl)ccc3C)cs2)CC1. The van der Waals surface area contributed by atoms with Crippen molar-refractivity contribution >= 4 is 51.8 Å². The second-order valence-electron chi connectivity index (χ2n) is 6.93. The van der Waals surface area contributed by atoms with Crippen LogP contribution in [0.15, 0.2) is 23.6 Å². The second-order valence-corrected chi connectivity index (χ2v) is 8.23. The number of rotatable bonds is 5. The van der Waals surface area contributed by atoms with E-state index in [9.17, 15) is 14.4 Å². The molecule has 0 aliphatic carbocycles. The Morgan fingerprint density at radius 2 is 1.87 bits per heavy atom. The summed E-state index contributed by atoms with van der Waals surface area (Å²) < 4.78 is 4.98. The molecular formula is C20H24ClN5O4S. The Morgan fingerprint density at radius 3 is 2.58 bits per heavy atom. The molecule has 166 valence electrons. The topological polar surface area (TPSA) is 104 Å². The van der Waals surface area contributed by atoms with Gasteiger partial charge in [-0.3, -0.25) is 10.1 Å². The predicted octanol–water partition coefficient (Wildman–Crippen LogP) is 3.59. The molecule has 3 rings (SSSR count). The Morgan fingerprint density at radius 1 is 1.16 bits per heavy atom. The third-order valence-corrected chi connectivity index (χ3v) is 5.72. The summed E-state index contributed by atoms with van der Waals surface area (Å²) in [4.78, 5) is 44.1. The van der Waals surface area contributed by atoms with Gasteiger partial charge in [0.1, 0.15) is 0 Å². The maximum Gasteiger partial charge on any atom is 0.409 e. The highest BCUT2D eigenvalue weighted by Gasteiger charge is 2.25. The van der Waals surface area contributed by atoms with Crippen LogP contribution in [0.4, 0.5) is 20.4 Å². The Labute approximate surface area is 189 Å². The van der Waals surface area contributed by atoms with Crippen LogP contribution in [-0.4, -0.2) is 65.6 Å². The van der Waals surface area contributed by atoms with E-state index in [1.165, 1.54) is 11.3 Å². The first-order valence-electron chi connectivity index (χ1n) is 9.83. The van der Waals surface area contributed by atoms with Crippen LogP contribution in [0.3, 0.4) is 0 Å². The number of aromatic nitrogens is 1. The number of carbonyl (C=O) groups excluding carboxylic acids is 3. The Hall–Kier alpha value is -2.85. The summed E-state index contributed by atoms with van der Waals surface area (Å²) in [5.74, 6) is -0.219. The zero-order chi connectivity index (χ0) is 22.4. The van der Waals surface area contributed by atoms with Gasteiger partial charge in [0.2, 0.25) is 5.91 Å². The van der Waals surface area contributed by atoms with Crippen LogP contribution in [-0.2, 0) is 16.0 Å². The van der Waals surface area contributed by atoms with Gasteiger partial charge >= 0.3 is 12.1 Å². The number of hydrogen-bond acceptors (Lipinski definition) is 6. The number of urea groups is 1. The van der Waals surface area contributed by atoms with E-state index < -0.39 is 0 Å². The molecule has 1 aliphatic heterocycles. The lowest BCUT2D eigenvalue weighted by Gasteiger charge is -2.33. The van der Waals surface area contributed by atoms with Gasteiger partial charge in [0.15, 0.2) is 5.13 Å². The number of nitrogens with one attached hydrogen (secondary N) is 2. The number of thiazole rings is 1. The van der Waals surface area contributed by atoms with Crippen molar-refractivity contribution in [2.75, 3.05) is 43.4 Å². The van der Waals surface area contributed by atoms with Crippen LogP contribution in [0.1, 0.15) is 18.2 Å². The molecule has 2 heterocycles. The molecule has 1 aromatic carbocycles.